The molecule has 0 aliphatic heterocycles. The third-order valence-corrected chi connectivity index (χ3v) is 5.28. The average molecular weight is 343 g/mol. The van der Waals surface area contributed by atoms with Crippen LogP contribution in [0, 0.1) is 13.8 Å². The lowest BCUT2D eigenvalue weighted by atomic mass is 9.94. The Morgan fingerprint density at radius 2 is 2.08 bits per heavy atom. The molecule has 6 heteroatoms. The maximum absolute atomic E-state index is 12.4. The molecule has 25 heavy (non-hydrogen) atoms. The van der Waals surface area contributed by atoms with E-state index in [9.17, 15) is 4.79 Å². The van der Waals surface area contributed by atoms with Gasteiger partial charge in [-0.05, 0) is 58.9 Å². The van der Waals surface area contributed by atoms with E-state index >= 15 is 0 Å². The van der Waals surface area contributed by atoms with E-state index in [1.807, 2.05) is 18.5 Å². The van der Waals surface area contributed by atoms with Crippen LogP contribution in [0.3, 0.4) is 0 Å². The van der Waals surface area contributed by atoms with Crippen molar-refractivity contribution in [3.63, 3.8) is 0 Å². The number of hydrogen-bond acceptors (Lipinski definition) is 3. The largest absolute Gasteiger partial charge is 0.349 e. The number of carbonyl (C=O) groups is 1. The molecule has 2 heterocycles. The smallest absolute Gasteiger partial charge is 0.220 e. The third kappa shape index (κ3) is 3.62. The predicted molar refractivity (Wildman–Crippen MR) is 97.5 cm³/mol. The van der Waals surface area contributed by atoms with Gasteiger partial charge in [0.05, 0.1) is 17.4 Å². The van der Waals surface area contributed by atoms with Crippen molar-refractivity contribution in [2.24, 2.45) is 0 Å². The van der Waals surface area contributed by atoms with Crippen LogP contribution in [-0.2, 0) is 30.6 Å². The molecule has 0 bridgehead atoms. The molecule has 0 saturated carbocycles. The van der Waals surface area contributed by atoms with Gasteiger partial charge in [-0.1, -0.05) is 0 Å². The number of aromatic amines is 1. The van der Waals surface area contributed by atoms with Crippen LogP contribution in [-0.4, -0.2) is 25.9 Å². The zero-order valence-electron chi connectivity index (χ0n) is 15.8. The van der Waals surface area contributed by atoms with Crippen molar-refractivity contribution in [1.29, 1.82) is 0 Å². The Hall–Kier alpha value is -2.11. The number of aromatic nitrogens is 4. The summed E-state index contributed by atoms with van der Waals surface area (Å²) in [4.78, 5) is 12.4. The Labute approximate surface area is 149 Å². The van der Waals surface area contributed by atoms with Crippen LogP contribution in [0.25, 0.3) is 0 Å². The Morgan fingerprint density at radius 3 is 2.80 bits per heavy atom. The molecule has 2 N–H and O–H groups in total. The van der Waals surface area contributed by atoms with Crippen molar-refractivity contribution in [2.45, 2.75) is 78.8 Å². The Kier molecular flexibility index (Phi) is 5.25. The second-order valence-corrected chi connectivity index (χ2v) is 7.02. The fraction of sp³-hybridized carbons (Fsp3) is 0.632. The summed E-state index contributed by atoms with van der Waals surface area (Å²) in [6.07, 6.45) is 5.82. The molecule has 1 aliphatic carbocycles. The molecule has 1 amide bonds. The summed E-state index contributed by atoms with van der Waals surface area (Å²) >= 11 is 0. The summed E-state index contributed by atoms with van der Waals surface area (Å²) < 4.78 is 1.99. The van der Waals surface area contributed by atoms with Crippen LogP contribution < -0.4 is 5.32 Å². The first kappa shape index (κ1) is 17.7. The Morgan fingerprint density at radius 1 is 1.32 bits per heavy atom. The summed E-state index contributed by atoms with van der Waals surface area (Å²) in [7, 11) is 0. The van der Waals surface area contributed by atoms with Crippen LogP contribution in [0.5, 0.6) is 0 Å². The highest BCUT2D eigenvalue weighted by Gasteiger charge is 2.20. The van der Waals surface area contributed by atoms with E-state index in [1.165, 1.54) is 24.1 Å². The summed E-state index contributed by atoms with van der Waals surface area (Å²) in [5, 5.41) is 15.2. The van der Waals surface area contributed by atoms with Gasteiger partial charge in [-0.3, -0.25) is 14.6 Å². The van der Waals surface area contributed by atoms with E-state index in [1.54, 1.807) is 0 Å². The van der Waals surface area contributed by atoms with E-state index < -0.39 is 0 Å². The SMILES string of the molecule is CCn1nc(C)c([C@H](C)NC(=O)CCc2n[nH]c3c2CCCC3)c1C. The van der Waals surface area contributed by atoms with Crippen LogP contribution in [0.15, 0.2) is 0 Å². The molecule has 0 aromatic carbocycles. The number of carbonyl (C=O) groups excluding carboxylic acids is 1. The monoisotopic (exact) mass is 343 g/mol. The van der Waals surface area contributed by atoms with Crippen LogP contribution >= 0.6 is 0 Å². The van der Waals surface area contributed by atoms with E-state index in [-0.39, 0.29) is 11.9 Å². The predicted octanol–water partition coefficient (Wildman–Crippen LogP) is 2.93. The van der Waals surface area contributed by atoms with Gasteiger partial charge in [-0.2, -0.15) is 10.2 Å². The van der Waals surface area contributed by atoms with Gasteiger partial charge in [0.1, 0.15) is 0 Å². The Balaban J connectivity index is 1.59. The number of aryl methyl sites for hydroxylation is 4. The lowest BCUT2D eigenvalue weighted by Gasteiger charge is -2.15. The molecule has 1 atom stereocenters. The molecule has 0 saturated heterocycles. The quantitative estimate of drug-likeness (QED) is 0.847. The molecular formula is C19H29N5O. The first-order valence-electron chi connectivity index (χ1n) is 9.39. The number of H-pyrrole nitrogens is 1. The van der Waals surface area contributed by atoms with Gasteiger partial charge in [0, 0.05) is 36.3 Å². The van der Waals surface area contributed by atoms with Gasteiger partial charge in [0.25, 0.3) is 0 Å². The maximum Gasteiger partial charge on any atom is 0.220 e. The molecule has 0 fully saturated rings. The zero-order valence-corrected chi connectivity index (χ0v) is 15.8. The molecule has 0 spiro atoms. The topological polar surface area (TPSA) is 75.6 Å². The number of amides is 1. The van der Waals surface area contributed by atoms with Gasteiger partial charge in [-0.25, -0.2) is 0 Å². The second kappa shape index (κ2) is 7.42. The minimum absolute atomic E-state index is 0.0269. The highest BCUT2D eigenvalue weighted by atomic mass is 16.1. The summed E-state index contributed by atoms with van der Waals surface area (Å²) in [5.74, 6) is 0.0723. The zero-order chi connectivity index (χ0) is 18.0. The molecule has 1 aliphatic rings. The normalized spacial score (nSPS) is 15.0. The van der Waals surface area contributed by atoms with E-state index in [4.69, 9.17) is 0 Å². The van der Waals surface area contributed by atoms with Crippen molar-refractivity contribution in [2.75, 3.05) is 0 Å². The molecule has 2 aromatic rings. The molecule has 3 rings (SSSR count). The highest BCUT2D eigenvalue weighted by Crippen LogP contribution is 2.24. The standard InChI is InChI=1S/C19H29N5O/c1-5-24-14(4)19(13(3)23-24)12(2)20-18(25)11-10-17-15-8-6-7-9-16(15)21-22-17/h12H,5-11H2,1-4H3,(H,20,25)(H,21,22)/t12-/m0/s1. The second-order valence-electron chi connectivity index (χ2n) is 7.02. The van der Waals surface area contributed by atoms with Crippen LogP contribution in [0.4, 0.5) is 0 Å². The van der Waals surface area contributed by atoms with Gasteiger partial charge >= 0.3 is 0 Å². The van der Waals surface area contributed by atoms with E-state index in [0.717, 1.165) is 42.0 Å². The molecule has 136 valence electrons. The number of hydrogen-bond donors (Lipinski definition) is 2. The van der Waals surface area contributed by atoms with E-state index in [2.05, 4.69) is 34.5 Å². The Bertz CT molecular complexity index is 758. The summed E-state index contributed by atoms with van der Waals surface area (Å²) in [6.45, 7) is 9.03. The molecule has 0 unspecified atom stereocenters. The first-order chi connectivity index (χ1) is 12.0. The molecule has 6 nitrogen and oxygen atoms in total. The summed E-state index contributed by atoms with van der Waals surface area (Å²) in [5.41, 5.74) is 6.95. The number of fused-ring (bicyclic) bond motifs is 1. The van der Waals surface area contributed by atoms with Crippen LogP contribution in [0.1, 0.15) is 73.1 Å². The van der Waals surface area contributed by atoms with Gasteiger partial charge in [0.2, 0.25) is 5.91 Å². The maximum atomic E-state index is 12.4. The average Bonchev–Trinajstić information content (AvgIpc) is 3.13. The minimum Gasteiger partial charge on any atom is -0.349 e. The molecule has 0 radical (unpaired) electrons. The van der Waals surface area contributed by atoms with Crippen molar-refractivity contribution in [1.82, 2.24) is 25.3 Å². The highest BCUT2D eigenvalue weighted by molar-refractivity contribution is 5.76. The number of rotatable bonds is 6. The fourth-order valence-corrected chi connectivity index (χ4v) is 4.02. The third-order valence-electron chi connectivity index (χ3n) is 5.28. The van der Waals surface area contributed by atoms with Crippen molar-refractivity contribution < 1.29 is 4.79 Å². The molecular weight excluding hydrogens is 314 g/mol. The van der Waals surface area contributed by atoms with Crippen molar-refractivity contribution in [3.8, 4) is 0 Å². The van der Waals surface area contributed by atoms with Gasteiger partial charge in [-0.15, -0.1) is 0 Å². The van der Waals surface area contributed by atoms with Crippen molar-refractivity contribution >= 4 is 5.91 Å². The molecule has 2 aromatic heterocycles. The van der Waals surface area contributed by atoms with Gasteiger partial charge in [0.15, 0.2) is 0 Å². The fourth-order valence-electron chi connectivity index (χ4n) is 4.02. The number of nitrogens with one attached hydrogen (secondary N) is 2. The van der Waals surface area contributed by atoms with Gasteiger partial charge < -0.3 is 5.32 Å². The lowest BCUT2D eigenvalue weighted by molar-refractivity contribution is -0.121. The number of nitrogens with zero attached hydrogens (tertiary/aromatic N) is 3. The summed E-state index contributed by atoms with van der Waals surface area (Å²) in [6, 6.07) is -0.0269. The van der Waals surface area contributed by atoms with Crippen LogP contribution in [0.2, 0.25) is 0 Å². The first-order valence-corrected chi connectivity index (χ1v) is 9.39. The minimum atomic E-state index is -0.0269. The van der Waals surface area contributed by atoms with Crippen molar-refractivity contribution in [3.05, 3.63) is 33.9 Å². The van der Waals surface area contributed by atoms with E-state index in [0.29, 0.717) is 12.8 Å². The lowest BCUT2D eigenvalue weighted by Crippen LogP contribution is -2.27.